The zero-order valence-electron chi connectivity index (χ0n) is 17.1. The van der Waals surface area contributed by atoms with E-state index in [0.29, 0.717) is 10.8 Å². The van der Waals surface area contributed by atoms with Crippen LogP contribution in [0.15, 0.2) is 26.1 Å². The molecule has 172 valence electrons. The molecule has 32 heavy (non-hydrogen) atoms. The molecule has 0 aliphatic heterocycles. The number of aromatic amines is 1. The summed E-state index contributed by atoms with van der Waals surface area (Å²) in [5, 5.41) is 4.26. The molecule has 1 saturated carbocycles. The fraction of sp³-hybridized carbons (Fsp3) is 0.474. The van der Waals surface area contributed by atoms with Crippen molar-refractivity contribution in [1.82, 2.24) is 14.5 Å². The van der Waals surface area contributed by atoms with Gasteiger partial charge in [0.2, 0.25) is 5.91 Å². The molecule has 0 aromatic carbocycles. The fourth-order valence-electron chi connectivity index (χ4n) is 4.11. The van der Waals surface area contributed by atoms with E-state index in [9.17, 15) is 22.8 Å². The first kappa shape index (κ1) is 23.1. The Morgan fingerprint density at radius 1 is 1.34 bits per heavy atom. The van der Waals surface area contributed by atoms with E-state index < -0.39 is 33.0 Å². The molecule has 1 aliphatic carbocycles. The van der Waals surface area contributed by atoms with E-state index in [-0.39, 0.29) is 26.2 Å². The van der Waals surface area contributed by atoms with Crippen LogP contribution in [0, 0.1) is 5.92 Å². The van der Waals surface area contributed by atoms with Crippen molar-refractivity contribution >= 4 is 65.4 Å². The average Bonchev–Trinajstić information content (AvgIpc) is 3.34. The Labute approximate surface area is 196 Å². The van der Waals surface area contributed by atoms with E-state index in [4.69, 9.17) is 11.6 Å². The Balaban J connectivity index is 1.79. The van der Waals surface area contributed by atoms with Gasteiger partial charge < -0.3 is 10.3 Å². The molecule has 0 bridgehead atoms. The molecule has 2 N–H and O–H groups in total. The van der Waals surface area contributed by atoms with Crippen LogP contribution in [0.1, 0.15) is 44.6 Å². The summed E-state index contributed by atoms with van der Waals surface area (Å²) in [5.74, 6) is -0.343. The third kappa shape index (κ3) is 4.68. The molecule has 4 rings (SSSR count). The number of nitrogens with one attached hydrogen (secondary N) is 2. The summed E-state index contributed by atoms with van der Waals surface area (Å²) in [7, 11) is -3.64. The van der Waals surface area contributed by atoms with Crippen LogP contribution in [-0.2, 0) is 14.6 Å². The molecular weight excluding hydrogens is 496 g/mol. The molecule has 0 radical (unpaired) electrons. The van der Waals surface area contributed by atoms with Gasteiger partial charge in [-0.3, -0.25) is 9.59 Å². The number of aromatic nitrogens is 3. The third-order valence-corrected chi connectivity index (χ3v) is 8.89. The maximum absolute atomic E-state index is 13.3. The van der Waals surface area contributed by atoms with Crippen molar-refractivity contribution in [1.29, 1.82) is 0 Å². The maximum atomic E-state index is 13.3. The van der Waals surface area contributed by atoms with Gasteiger partial charge in [-0.05, 0) is 12.3 Å². The lowest BCUT2D eigenvalue weighted by atomic mass is 9.84. The Bertz CT molecular complexity index is 1380. The topological polar surface area (TPSA) is 131 Å². The molecule has 1 unspecified atom stereocenters. The van der Waals surface area contributed by atoms with E-state index in [1.807, 2.05) is 0 Å². The third-order valence-electron chi connectivity index (χ3n) is 5.62. The van der Waals surface area contributed by atoms with Crippen molar-refractivity contribution in [3.05, 3.63) is 36.8 Å². The largest absolute Gasteiger partial charge is 0.329 e. The van der Waals surface area contributed by atoms with Crippen LogP contribution >= 0.6 is 34.3 Å². The predicted molar refractivity (Wildman–Crippen MR) is 126 cm³/mol. The maximum Gasteiger partial charge on any atom is 0.329 e. The van der Waals surface area contributed by atoms with Gasteiger partial charge in [0.05, 0.1) is 11.7 Å². The van der Waals surface area contributed by atoms with Gasteiger partial charge in [0.1, 0.15) is 20.0 Å². The summed E-state index contributed by atoms with van der Waals surface area (Å²) in [5.41, 5.74) is -1.53. The number of nitrogens with zero attached hydrogens (tertiary/aromatic N) is 2. The molecule has 0 saturated heterocycles. The van der Waals surface area contributed by atoms with Crippen LogP contribution in [0.5, 0.6) is 0 Å². The van der Waals surface area contributed by atoms with Crippen LogP contribution in [0.25, 0.3) is 10.2 Å². The summed E-state index contributed by atoms with van der Waals surface area (Å²) in [4.78, 5) is 45.9. The minimum atomic E-state index is -3.64. The quantitative estimate of drug-likeness (QED) is 0.516. The van der Waals surface area contributed by atoms with Gasteiger partial charge in [0.15, 0.2) is 15.0 Å². The minimum absolute atomic E-state index is 0.0210. The molecule has 1 amide bonds. The first-order chi connectivity index (χ1) is 15.1. The van der Waals surface area contributed by atoms with Crippen LogP contribution in [0.3, 0.4) is 0 Å². The lowest BCUT2D eigenvalue weighted by Gasteiger charge is -2.26. The highest BCUT2D eigenvalue weighted by Gasteiger charge is 2.30. The average molecular weight is 517 g/mol. The summed E-state index contributed by atoms with van der Waals surface area (Å²) < 4.78 is 25.4. The highest BCUT2D eigenvalue weighted by atomic mass is 35.5. The van der Waals surface area contributed by atoms with Crippen molar-refractivity contribution in [3.63, 3.8) is 0 Å². The Morgan fingerprint density at radius 3 is 2.69 bits per heavy atom. The summed E-state index contributed by atoms with van der Waals surface area (Å²) in [6.07, 6.45) is 7.77. The number of rotatable bonds is 6. The second-order valence-electron chi connectivity index (χ2n) is 7.90. The zero-order valence-corrected chi connectivity index (χ0v) is 20.3. The van der Waals surface area contributed by atoms with E-state index in [1.165, 1.54) is 11.6 Å². The SMILES string of the molecule is CS(=O)(=O)c1csc2c(=O)n(C(CC3CCCCC3)C(=O)Nc3ncc(Cl)s3)c(=O)[nH]c12. The van der Waals surface area contributed by atoms with Crippen molar-refractivity contribution in [2.45, 2.75) is 49.5 Å². The molecule has 0 spiro atoms. The first-order valence-corrected chi connectivity index (χ1v) is 14.0. The highest BCUT2D eigenvalue weighted by Crippen LogP contribution is 2.32. The molecule has 3 heterocycles. The molecule has 1 atom stereocenters. The number of carbonyl (C=O) groups excluding carboxylic acids is 1. The molecule has 9 nitrogen and oxygen atoms in total. The number of halogens is 1. The van der Waals surface area contributed by atoms with Crippen molar-refractivity contribution in [2.75, 3.05) is 11.6 Å². The Morgan fingerprint density at radius 2 is 2.06 bits per heavy atom. The predicted octanol–water partition coefficient (Wildman–Crippen LogP) is 3.41. The Hall–Kier alpha value is -2.02. The fourth-order valence-corrected chi connectivity index (χ4v) is 7.18. The number of amides is 1. The molecule has 3 aromatic heterocycles. The number of hydrogen-bond acceptors (Lipinski definition) is 8. The first-order valence-electron chi connectivity index (χ1n) is 10.0. The van der Waals surface area contributed by atoms with E-state index in [2.05, 4.69) is 15.3 Å². The normalized spacial score (nSPS) is 16.3. The van der Waals surface area contributed by atoms with Crippen LogP contribution in [0.4, 0.5) is 5.13 Å². The summed E-state index contributed by atoms with van der Waals surface area (Å²) in [6, 6.07) is -1.06. The van der Waals surface area contributed by atoms with Gasteiger partial charge >= 0.3 is 5.69 Å². The number of hydrogen-bond donors (Lipinski definition) is 2. The van der Waals surface area contributed by atoms with E-state index >= 15 is 0 Å². The number of sulfone groups is 1. The number of thiophene rings is 1. The molecule has 1 aliphatic rings. The lowest BCUT2D eigenvalue weighted by molar-refractivity contribution is -0.120. The molecule has 3 aromatic rings. The standard InChI is InChI=1S/C19H21ClN4O5S3/c1-32(28,29)12-9-30-15-14(12)22-19(27)24(17(15)26)11(7-10-5-3-2-4-6-10)16(25)23-18-21-8-13(20)31-18/h8-11H,2-7H2,1H3,(H,22,27)(H,21,23,25). The van der Waals surface area contributed by atoms with Crippen molar-refractivity contribution < 1.29 is 13.2 Å². The van der Waals surface area contributed by atoms with Gasteiger partial charge in [0.25, 0.3) is 5.56 Å². The number of carbonyl (C=O) groups is 1. The van der Waals surface area contributed by atoms with E-state index in [1.54, 1.807) is 0 Å². The Kier molecular flexibility index (Phi) is 6.57. The number of H-pyrrole nitrogens is 1. The second-order valence-corrected chi connectivity index (χ2v) is 12.4. The highest BCUT2D eigenvalue weighted by molar-refractivity contribution is 7.91. The number of fused-ring (bicyclic) bond motifs is 1. The second kappa shape index (κ2) is 9.08. The van der Waals surface area contributed by atoms with Gasteiger partial charge in [0, 0.05) is 11.6 Å². The van der Waals surface area contributed by atoms with Crippen molar-refractivity contribution in [2.24, 2.45) is 5.92 Å². The van der Waals surface area contributed by atoms with Crippen LogP contribution in [0.2, 0.25) is 4.34 Å². The molecule has 1 fully saturated rings. The van der Waals surface area contributed by atoms with Crippen LogP contribution < -0.4 is 16.6 Å². The molecule has 13 heteroatoms. The smallest absolute Gasteiger partial charge is 0.305 e. The lowest BCUT2D eigenvalue weighted by Crippen LogP contribution is -2.43. The van der Waals surface area contributed by atoms with Gasteiger partial charge in [-0.1, -0.05) is 55.0 Å². The van der Waals surface area contributed by atoms with Crippen LogP contribution in [-0.4, -0.2) is 35.1 Å². The van der Waals surface area contributed by atoms with Crippen molar-refractivity contribution in [3.8, 4) is 0 Å². The zero-order chi connectivity index (χ0) is 23.0. The monoisotopic (exact) mass is 516 g/mol. The summed E-state index contributed by atoms with van der Waals surface area (Å²) >= 11 is 7.90. The summed E-state index contributed by atoms with van der Waals surface area (Å²) in [6.45, 7) is 0. The van der Waals surface area contributed by atoms with Gasteiger partial charge in [-0.2, -0.15) is 0 Å². The molecular formula is C19H21ClN4O5S3. The van der Waals surface area contributed by atoms with E-state index in [0.717, 1.165) is 65.6 Å². The van der Waals surface area contributed by atoms with Gasteiger partial charge in [-0.15, -0.1) is 11.3 Å². The van der Waals surface area contributed by atoms with Gasteiger partial charge in [-0.25, -0.2) is 22.8 Å². The number of anilines is 1. The minimum Gasteiger partial charge on any atom is -0.305 e. The number of thiazole rings is 1.